The van der Waals surface area contributed by atoms with E-state index in [1.54, 1.807) is 0 Å². The van der Waals surface area contributed by atoms with Gasteiger partial charge in [0, 0.05) is 65.9 Å². The fraction of sp³-hybridized carbons (Fsp3) is 0.182. The number of aromatic nitrogens is 6. The predicted octanol–water partition coefficient (Wildman–Crippen LogP) is 23.3. The third kappa shape index (κ3) is 8.66. The van der Waals surface area contributed by atoms with Crippen molar-refractivity contribution in [3.63, 3.8) is 0 Å². The summed E-state index contributed by atoms with van der Waals surface area (Å²) in [6, 6.07) is 89.0. The number of pyridine rings is 1. The number of nitriles is 1. The Balaban J connectivity index is 1.18. The maximum atomic E-state index is 13.4. The normalized spacial score (nSPS) is 12.8. The van der Waals surface area contributed by atoms with Crippen molar-refractivity contribution >= 4 is 109 Å². The summed E-state index contributed by atoms with van der Waals surface area (Å²) in [7, 11) is 0. The molecule has 0 saturated heterocycles. The molecule has 0 fully saturated rings. The molecule has 0 bridgehead atoms. The molecular formula is C88H75N7. The van der Waals surface area contributed by atoms with E-state index in [4.69, 9.17) is 4.98 Å². The van der Waals surface area contributed by atoms with Gasteiger partial charge >= 0.3 is 0 Å². The van der Waals surface area contributed by atoms with Crippen molar-refractivity contribution in [3.05, 3.63) is 265 Å². The second-order valence-electron chi connectivity index (χ2n) is 30.4. The highest BCUT2D eigenvalue weighted by atomic mass is 15.1. The van der Waals surface area contributed by atoms with E-state index in [2.05, 4.69) is 336 Å². The van der Waals surface area contributed by atoms with E-state index >= 15 is 0 Å². The molecule has 7 nitrogen and oxygen atoms in total. The Kier molecular flexibility index (Phi) is 12.5. The van der Waals surface area contributed by atoms with Crippen molar-refractivity contribution in [2.45, 2.75) is 105 Å². The maximum absolute atomic E-state index is 13.4. The van der Waals surface area contributed by atoms with Crippen LogP contribution < -0.4 is 0 Å². The van der Waals surface area contributed by atoms with Crippen molar-refractivity contribution in [1.29, 1.82) is 5.26 Å². The zero-order chi connectivity index (χ0) is 65.4. The van der Waals surface area contributed by atoms with Gasteiger partial charge in [0.2, 0.25) is 0 Å². The minimum absolute atomic E-state index is 0.140. The van der Waals surface area contributed by atoms with Crippen LogP contribution in [0.15, 0.2) is 237 Å². The Morgan fingerprint density at radius 1 is 0.284 bits per heavy atom. The SMILES string of the molecule is CC(C)(C)c1ccc2c(c1)c1ccccc1n2-c1c(C#N)c(-n2c3ccccc3c3cc(C(C)(C)C)ccc32)c(-n2c3ccccc3c3cc(C(C)(C)C)ccc32)c(-c2ccc(-n3c4ccccc4c4ncccc43)cc2)c1-n1c2ccccc2c2cc(C(C)(C)C)ccc21. The van der Waals surface area contributed by atoms with Gasteiger partial charge in [0.25, 0.3) is 0 Å². The molecule has 0 atom stereocenters. The lowest BCUT2D eigenvalue weighted by atomic mass is 9.86. The number of para-hydroxylation sites is 5. The maximum Gasteiger partial charge on any atom is 0.104 e. The summed E-state index contributed by atoms with van der Waals surface area (Å²) in [4.78, 5) is 4.98. The molecule has 6 heterocycles. The molecule has 0 amide bonds. The molecule has 0 spiro atoms. The largest absolute Gasteiger partial charge is 0.308 e. The van der Waals surface area contributed by atoms with Crippen molar-refractivity contribution < 1.29 is 0 Å². The minimum Gasteiger partial charge on any atom is -0.308 e. The van der Waals surface area contributed by atoms with Crippen molar-refractivity contribution in [1.82, 2.24) is 27.8 Å². The van der Waals surface area contributed by atoms with E-state index in [0.29, 0.717) is 5.56 Å². The average molecular weight is 1230 g/mol. The Labute approximate surface area is 554 Å². The van der Waals surface area contributed by atoms with E-state index in [1.165, 1.54) is 22.3 Å². The summed E-state index contributed by atoms with van der Waals surface area (Å²) in [5, 5.41) is 23.5. The van der Waals surface area contributed by atoms with Gasteiger partial charge in [-0.1, -0.05) is 210 Å². The minimum atomic E-state index is -0.140. The van der Waals surface area contributed by atoms with Crippen LogP contribution in [-0.2, 0) is 21.7 Å². The van der Waals surface area contributed by atoms with Gasteiger partial charge in [-0.2, -0.15) is 5.26 Å². The second kappa shape index (κ2) is 20.5. The highest BCUT2D eigenvalue weighted by molar-refractivity contribution is 6.18. The summed E-state index contributed by atoms with van der Waals surface area (Å²) in [6.07, 6.45) is 1.89. The van der Waals surface area contributed by atoms with Gasteiger partial charge in [0.05, 0.1) is 83.4 Å². The van der Waals surface area contributed by atoms with E-state index < -0.39 is 0 Å². The first kappa shape index (κ1) is 57.9. The van der Waals surface area contributed by atoms with Gasteiger partial charge in [-0.3, -0.25) is 4.98 Å². The number of benzene rings is 11. The Bertz CT molecular complexity index is 5790. The average Bonchev–Trinajstić information content (AvgIpc) is 1.58. The molecule has 7 heteroatoms. The molecule has 17 rings (SSSR count). The van der Waals surface area contributed by atoms with Gasteiger partial charge < -0.3 is 22.8 Å². The fourth-order valence-corrected chi connectivity index (χ4v) is 15.5. The van der Waals surface area contributed by atoms with Gasteiger partial charge in [-0.15, -0.1) is 0 Å². The number of nitrogens with zero attached hydrogens (tertiary/aromatic N) is 7. The lowest BCUT2D eigenvalue weighted by Crippen LogP contribution is -2.16. The zero-order valence-electron chi connectivity index (χ0n) is 56.1. The highest BCUT2D eigenvalue weighted by Gasteiger charge is 2.36. The van der Waals surface area contributed by atoms with Crippen molar-refractivity contribution in [2.24, 2.45) is 0 Å². The van der Waals surface area contributed by atoms with Crippen LogP contribution in [0.4, 0.5) is 0 Å². The van der Waals surface area contributed by atoms with Crippen molar-refractivity contribution in [3.8, 4) is 45.6 Å². The van der Waals surface area contributed by atoms with Crippen LogP contribution in [0.3, 0.4) is 0 Å². The number of hydrogen-bond donors (Lipinski definition) is 0. The van der Waals surface area contributed by atoms with Gasteiger partial charge in [-0.25, -0.2) is 0 Å². The summed E-state index contributed by atoms with van der Waals surface area (Å²) in [6.45, 7) is 27.6. The van der Waals surface area contributed by atoms with E-state index in [-0.39, 0.29) is 21.7 Å². The molecule has 0 aliphatic heterocycles. The lowest BCUT2D eigenvalue weighted by molar-refractivity contribution is 0.591. The number of rotatable bonds is 6. The first-order valence-corrected chi connectivity index (χ1v) is 33.4. The summed E-state index contributed by atoms with van der Waals surface area (Å²) in [5.74, 6) is 0. The molecule has 95 heavy (non-hydrogen) atoms. The van der Waals surface area contributed by atoms with Crippen LogP contribution in [0.2, 0.25) is 0 Å². The zero-order valence-corrected chi connectivity index (χ0v) is 56.1. The smallest absolute Gasteiger partial charge is 0.104 e. The topological polar surface area (TPSA) is 61.3 Å². The second-order valence-corrected chi connectivity index (χ2v) is 30.4. The first-order chi connectivity index (χ1) is 45.7. The number of hydrogen-bond acceptors (Lipinski definition) is 2. The molecule has 0 unspecified atom stereocenters. The van der Waals surface area contributed by atoms with E-state index in [9.17, 15) is 5.26 Å². The van der Waals surface area contributed by atoms with Crippen molar-refractivity contribution in [2.75, 3.05) is 0 Å². The molecule has 0 N–H and O–H groups in total. The molecule has 0 radical (unpaired) electrons. The molecule has 11 aromatic carbocycles. The molecule has 17 aromatic rings. The van der Waals surface area contributed by atoms with Gasteiger partial charge in [0.15, 0.2) is 0 Å². The van der Waals surface area contributed by atoms with Crippen LogP contribution in [0.1, 0.15) is 111 Å². The first-order valence-electron chi connectivity index (χ1n) is 33.4. The molecule has 462 valence electrons. The molecular weight excluding hydrogens is 1160 g/mol. The Hall–Kier alpha value is -10.9. The highest BCUT2D eigenvalue weighted by Crippen LogP contribution is 2.53. The number of fused-ring (bicyclic) bond motifs is 15. The lowest BCUT2D eigenvalue weighted by Gasteiger charge is -2.29. The van der Waals surface area contributed by atoms with Gasteiger partial charge in [0.1, 0.15) is 11.6 Å². The van der Waals surface area contributed by atoms with Crippen LogP contribution >= 0.6 is 0 Å². The standard InChI is InChI=1S/C88H75N7/c1-85(2,3)54-37-43-74-64(48-54)59-24-13-18-29-69(59)92(74)81-68(52-89)82(93-70-30-19-14-25-60(70)65-49-55(86(4,5)6)38-44-75(65)93)84(95-72-32-21-16-27-62(72)67-51-57(88(10,11)12)40-46-77(67)95)79(83(81)94-71-31-20-15-26-61(71)66-50-56(87(7,8)9)39-45-76(66)94)53-35-41-58(42-36-53)91-73-33-22-17-28-63(73)80-78(91)34-23-47-90-80/h13-51H,1-12H3. The fourth-order valence-electron chi connectivity index (χ4n) is 15.5. The Morgan fingerprint density at radius 3 is 0.916 bits per heavy atom. The van der Waals surface area contributed by atoms with E-state index in [0.717, 1.165) is 149 Å². The molecule has 0 saturated carbocycles. The van der Waals surface area contributed by atoms with E-state index in [1.807, 2.05) is 12.3 Å². The quantitative estimate of drug-likeness (QED) is 0.167. The third-order valence-corrected chi connectivity index (χ3v) is 20.4. The third-order valence-electron chi connectivity index (χ3n) is 20.4. The summed E-state index contributed by atoms with van der Waals surface area (Å²) < 4.78 is 12.3. The molecule has 0 aliphatic carbocycles. The summed E-state index contributed by atoms with van der Waals surface area (Å²) >= 11 is 0. The monoisotopic (exact) mass is 1230 g/mol. The van der Waals surface area contributed by atoms with Crippen LogP contribution in [0.25, 0.3) is 149 Å². The van der Waals surface area contributed by atoms with Gasteiger partial charge in [-0.05, 0) is 153 Å². The molecule has 6 aromatic heterocycles. The molecule has 0 aliphatic rings. The predicted molar refractivity (Wildman–Crippen MR) is 401 cm³/mol. The van der Waals surface area contributed by atoms with Crippen LogP contribution in [0.5, 0.6) is 0 Å². The van der Waals surface area contributed by atoms with Crippen LogP contribution in [0, 0.1) is 11.3 Å². The van der Waals surface area contributed by atoms with Crippen LogP contribution in [-0.4, -0.2) is 27.8 Å². The Morgan fingerprint density at radius 2 is 0.579 bits per heavy atom. The summed E-state index contributed by atoms with van der Waals surface area (Å²) in [5.41, 5.74) is 22.5.